The number of hydrogen-bond acceptors (Lipinski definition) is 3. The molecule has 0 aromatic heterocycles. The summed E-state index contributed by atoms with van der Waals surface area (Å²) in [7, 11) is 0. The molecule has 1 saturated heterocycles. The fraction of sp³-hybridized carbons (Fsp3) is 0.800. The van der Waals surface area contributed by atoms with E-state index in [0.29, 0.717) is 6.54 Å². The Bertz CT molecular complexity index is 270. The third-order valence-electron chi connectivity index (χ3n) is 2.07. The van der Waals surface area contributed by atoms with Crippen LogP contribution in [-0.4, -0.2) is 41.6 Å². The highest BCUT2D eigenvalue weighted by Crippen LogP contribution is 2.12. The smallest absolute Gasteiger partial charge is 0.411 e. The predicted octanol–water partition coefficient (Wildman–Crippen LogP) is 0.742. The molecule has 0 aromatic rings. The lowest BCUT2D eigenvalue weighted by Gasteiger charge is -2.34. The van der Waals surface area contributed by atoms with Crippen LogP contribution in [0.15, 0.2) is 0 Å². The van der Waals surface area contributed by atoms with Gasteiger partial charge in [-0.2, -0.15) is 0 Å². The van der Waals surface area contributed by atoms with Crippen LogP contribution >= 0.6 is 0 Å². The molecular formula is C10H18N2O3. The van der Waals surface area contributed by atoms with Crippen LogP contribution in [-0.2, 0) is 9.53 Å². The van der Waals surface area contributed by atoms with Crippen molar-refractivity contribution < 1.29 is 14.3 Å². The van der Waals surface area contributed by atoms with Crippen molar-refractivity contribution in [1.82, 2.24) is 10.2 Å². The first-order valence-electron chi connectivity index (χ1n) is 5.06. The van der Waals surface area contributed by atoms with Gasteiger partial charge in [-0.05, 0) is 27.7 Å². The topological polar surface area (TPSA) is 58.6 Å². The van der Waals surface area contributed by atoms with Crippen molar-refractivity contribution >= 4 is 12.0 Å². The fourth-order valence-electron chi connectivity index (χ4n) is 1.30. The highest BCUT2D eigenvalue weighted by Gasteiger charge is 2.30. The first-order chi connectivity index (χ1) is 6.79. The predicted molar refractivity (Wildman–Crippen MR) is 55.4 cm³/mol. The molecule has 0 aromatic carbocycles. The molecule has 1 aliphatic heterocycles. The molecule has 0 saturated carbocycles. The second-order valence-electron chi connectivity index (χ2n) is 4.76. The summed E-state index contributed by atoms with van der Waals surface area (Å²) in [5.74, 6) is -0.140. The second-order valence-corrected chi connectivity index (χ2v) is 4.76. The standard InChI is InChI=1S/C10H18N2O3/c1-7-5-11-8(13)6-12(7)9(14)15-10(2,3)4/h7H,5-6H2,1-4H3,(H,11,13)/t7-/m1/s1. The lowest BCUT2D eigenvalue weighted by molar-refractivity contribution is -0.125. The first-order valence-corrected chi connectivity index (χ1v) is 5.06. The molecule has 0 radical (unpaired) electrons. The third kappa shape index (κ3) is 3.42. The summed E-state index contributed by atoms with van der Waals surface area (Å²) in [5.41, 5.74) is -0.523. The van der Waals surface area contributed by atoms with Crippen molar-refractivity contribution in [3.05, 3.63) is 0 Å². The average molecular weight is 214 g/mol. The Morgan fingerprint density at radius 3 is 2.67 bits per heavy atom. The molecule has 1 rings (SSSR count). The normalized spacial score (nSPS) is 22.3. The van der Waals surface area contributed by atoms with Gasteiger partial charge in [0.15, 0.2) is 0 Å². The van der Waals surface area contributed by atoms with Crippen LogP contribution in [0.5, 0.6) is 0 Å². The molecule has 1 fully saturated rings. The van der Waals surface area contributed by atoms with E-state index in [1.54, 1.807) is 20.8 Å². The van der Waals surface area contributed by atoms with E-state index in [4.69, 9.17) is 4.74 Å². The maximum atomic E-state index is 11.7. The van der Waals surface area contributed by atoms with Crippen LogP contribution in [0, 0.1) is 0 Å². The van der Waals surface area contributed by atoms with Gasteiger partial charge in [-0.15, -0.1) is 0 Å². The lowest BCUT2D eigenvalue weighted by atomic mass is 10.2. The van der Waals surface area contributed by atoms with E-state index in [9.17, 15) is 9.59 Å². The van der Waals surface area contributed by atoms with Gasteiger partial charge in [0.2, 0.25) is 5.91 Å². The van der Waals surface area contributed by atoms with Crippen LogP contribution in [0.4, 0.5) is 4.79 Å². The maximum absolute atomic E-state index is 11.7. The van der Waals surface area contributed by atoms with Gasteiger partial charge >= 0.3 is 6.09 Å². The summed E-state index contributed by atoms with van der Waals surface area (Å²) in [6.07, 6.45) is -0.426. The van der Waals surface area contributed by atoms with E-state index in [1.165, 1.54) is 4.90 Å². The first kappa shape index (κ1) is 11.8. The number of nitrogens with one attached hydrogen (secondary N) is 1. The Hall–Kier alpha value is -1.26. The summed E-state index contributed by atoms with van der Waals surface area (Å²) in [6, 6.07) is -0.0162. The second kappa shape index (κ2) is 4.08. The number of amides is 2. The summed E-state index contributed by atoms with van der Waals surface area (Å²) in [4.78, 5) is 24.3. The highest BCUT2D eigenvalue weighted by molar-refractivity contribution is 5.83. The van der Waals surface area contributed by atoms with Crippen molar-refractivity contribution in [2.45, 2.75) is 39.3 Å². The van der Waals surface area contributed by atoms with Gasteiger partial charge in [-0.1, -0.05) is 0 Å². The minimum atomic E-state index is -0.523. The van der Waals surface area contributed by atoms with Gasteiger partial charge in [0, 0.05) is 6.54 Å². The molecule has 86 valence electrons. The lowest BCUT2D eigenvalue weighted by Crippen LogP contribution is -2.56. The van der Waals surface area contributed by atoms with Crippen LogP contribution in [0.2, 0.25) is 0 Å². The molecule has 5 heteroatoms. The van der Waals surface area contributed by atoms with E-state index >= 15 is 0 Å². The van der Waals surface area contributed by atoms with Crippen molar-refractivity contribution in [2.75, 3.05) is 13.1 Å². The zero-order valence-electron chi connectivity index (χ0n) is 9.66. The van der Waals surface area contributed by atoms with Crippen LogP contribution in [0.1, 0.15) is 27.7 Å². The van der Waals surface area contributed by atoms with Crippen LogP contribution < -0.4 is 5.32 Å². The van der Waals surface area contributed by atoms with E-state index in [-0.39, 0.29) is 18.5 Å². The Morgan fingerprint density at radius 2 is 2.13 bits per heavy atom. The van der Waals surface area contributed by atoms with Gasteiger partial charge in [0.25, 0.3) is 0 Å². The van der Waals surface area contributed by atoms with Crippen molar-refractivity contribution in [2.24, 2.45) is 0 Å². The van der Waals surface area contributed by atoms with Gasteiger partial charge in [0.1, 0.15) is 12.1 Å². The monoisotopic (exact) mass is 214 g/mol. The molecule has 5 nitrogen and oxygen atoms in total. The summed E-state index contributed by atoms with van der Waals surface area (Å²) < 4.78 is 5.20. The van der Waals surface area contributed by atoms with Gasteiger partial charge in [-0.25, -0.2) is 4.79 Å². The van der Waals surface area contributed by atoms with Gasteiger partial charge in [-0.3, -0.25) is 9.69 Å². The maximum Gasteiger partial charge on any atom is 0.411 e. The van der Waals surface area contributed by atoms with Crippen LogP contribution in [0.3, 0.4) is 0 Å². The van der Waals surface area contributed by atoms with Crippen LogP contribution in [0.25, 0.3) is 0 Å². The molecule has 1 aliphatic rings. The number of carbonyl (C=O) groups is 2. The fourth-order valence-corrected chi connectivity index (χ4v) is 1.30. The van der Waals surface area contributed by atoms with Gasteiger partial charge in [0.05, 0.1) is 6.04 Å². The molecule has 0 spiro atoms. The Kier molecular flexibility index (Phi) is 3.21. The summed E-state index contributed by atoms with van der Waals surface area (Å²) >= 11 is 0. The minimum absolute atomic E-state index is 0.0162. The van der Waals surface area contributed by atoms with E-state index < -0.39 is 11.7 Å². The zero-order chi connectivity index (χ0) is 11.6. The molecule has 0 aliphatic carbocycles. The number of ether oxygens (including phenoxy) is 1. The Morgan fingerprint density at radius 1 is 1.53 bits per heavy atom. The number of nitrogens with zero attached hydrogens (tertiary/aromatic N) is 1. The molecule has 1 N–H and O–H groups in total. The molecule has 0 bridgehead atoms. The van der Waals surface area contributed by atoms with Crippen molar-refractivity contribution in [1.29, 1.82) is 0 Å². The summed E-state index contributed by atoms with van der Waals surface area (Å²) in [5, 5.41) is 2.69. The molecule has 2 amide bonds. The van der Waals surface area contributed by atoms with Crippen molar-refractivity contribution in [3.63, 3.8) is 0 Å². The molecular weight excluding hydrogens is 196 g/mol. The highest BCUT2D eigenvalue weighted by atomic mass is 16.6. The van der Waals surface area contributed by atoms with Gasteiger partial charge < -0.3 is 10.1 Å². The number of carbonyl (C=O) groups excluding carboxylic acids is 2. The number of rotatable bonds is 0. The average Bonchev–Trinajstić information content (AvgIpc) is 2.06. The Balaban J connectivity index is 2.61. The molecule has 1 atom stereocenters. The minimum Gasteiger partial charge on any atom is -0.444 e. The number of piperazine rings is 1. The van der Waals surface area contributed by atoms with E-state index in [1.807, 2.05) is 6.92 Å². The SMILES string of the molecule is C[C@@H]1CNC(=O)CN1C(=O)OC(C)(C)C. The Labute approximate surface area is 89.8 Å². The number of hydrogen-bond donors (Lipinski definition) is 1. The molecule has 15 heavy (non-hydrogen) atoms. The quantitative estimate of drug-likeness (QED) is 0.647. The third-order valence-corrected chi connectivity index (χ3v) is 2.07. The molecule has 1 heterocycles. The van der Waals surface area contributed by atoms with E-state index in [2.05, 4.69) is 5.32 Å². The largest absolute Gasteiger partial charge is 0.444 e. The van der Waals surface area contributed by atoms with Crippen molar-refractivity contribution in [3.8, 4) is 0 Å². The zero-order valence-corrected chi connectivity index (χ0v) is 9.66. The van der Waals surface area contributed by atoms with E-state index in [0.717, 1.165) is 0 Å². The molecule has 0 unspecified atom stereocenters. The summed E-state index contributed by atoms with van der Waals surface area (Å²) in [6.45, 7) is 7.86.